The van der Waals surface area contributed by atoms with E-state index in [4.69, 9.17) is 9.50 Å². The van der Waals surface area contributed by atoms with Crippen LogP contribution in [0.4, 0.5) is 0 Å². The van der Waals surface area contributed by atoms with E-state index in [-0.39, 0.29) is 0 Å². The third-order valence-electron chi connectivity index (χ3n) is 0. The van der Waals surface area contributed by atoms with Gasteiger partial charge in [-0.15, -0.1) is 0 Å². The molecule has 0 bridgehead atoms. The molecule has 0 fully saturated rings. The Balaban J connectivity index is 0. The zero-order valence-electron chi connectivity index (χ0n) is 2.30. The van der Waals surface area contributed by atoms with Gasteiger partial charge in [0.05, 0.1) is 0 Å². The number of hydrogen-bond acceptors (Lipinski definition) is 3. The van der Waals surface area contributed by atoms with Crippen molar-refractivity contribution >= 4 is 0 Å². The van der Waals surface area contributed by atoms with Crippen LogP contribution in [0.5, 0.6) is 0 Å². The van der Waals surface area contributed by atoms with Gasteiger partial charge in [-0.25, -0.2) is 0 Å². The van der Waals surface area contributed by atoms with Crippen molar-refractivity contribution in [1.82, 2.24) is 0 Å². The minimum absolute atomic E-state index is 0.438. The molecule has 0 aromatic heterocycles. The summed E-state index contributed by atoms with van der Waals surface area (Å²) < 4.78 is 25.3. The van der Waals surface area contributed by atoms with E-state index >= 15 is 0 Å². The van der Waals surface area contributed by atoms with Crippen LogP contribution in [0.1, 0.15) is 0 Å². The number of rotatable bonds is 0. The Morgan fingerprint density at radius 3 is 1.20 bits per heavy atom. The van der Waals surface area contributed by atoms with Gasteiger partial charge in [-0.1, -0.05) is 0 Å². The van der Waals surface area contributed by atoms with Gasteiger partial charge in [-0.05, 0) is 0 Å². The first-order chi connectivity index (χ1) is 2.41. The van der Waals surface area contributed by atoms with Gasteiger partial charge in [0, 0.05) is 0 Å². The fourth-order valence-electron chi connectivity index (χ4n) is 0. The Hall–Kier alpha value is 0.984. The van der Waals surface area contributed by atoms with E-state index in [1.807, 2.05) is 0 Å². The maximum atomic E-state index is 8.50. The van der Waals surface area contributed by atoms with Gasteiger partial charge in [0.1, 0.15) is 0 Å². The summed E-state index contributed by atoms with van der Waals surface area (Å²) in [4.78, 5) is 0. The molecule has 0 aromatic carbocycles. The summed E-state index contributed by atoms with van der Waals surface area (Å²) in [7, 11) is 0. The molecule has 0 amide bonds. The maximum absolute atomic E-state index is 8.50. The first-order valence-corrected chi connectivity index (χ1v) is 2.66. The third kappa shape index (κ3) is 45.8. The topological polar surface area (TPSA) is 51.2 Å². The zero-order valence-corrected chi connectivity index (χ0v) is 5.67. The molecule has 3 nitrogen and oxygen atoms in total. The Morgan fingerprint density at radius 1 is 1.20 bits per heavy atom. The van der Waals surface area contributed by atoms with Gasteiger partial charge < -0.3 is 0 Å². The van der Waals surface area contributed by atoms with Crippen LogP contribution in [-0.4, -0.2) is 0 Å². The predicted molar refractivity (Wildman–Crippen MR) is 2.06 cm³/mol. The first-order valence-electron chi connectivity index (χ1n) is 0.644. The summed E-state index contributed by atoms with van der Waals surface area (Å²) >= 11 is -1.56. The second-order valence-electron chi connectivity index (χ2n) is 0.0833. The van der Waals surface area contributed by atoms with E-state index in [1.165, 1.54) is 0 Å². The molecule has 0 saturated carbocycles. The molecule has 0 unspecified atom stereocenters. The Labute approximate surface area is 52.7 Å². The van der Waals surface area contributed by atoms with Crippen molar-refractivity contribution in [2.75, 3.05) is 0 Å². The molecular weight excluding hydrogens is 141 g/mol. The molecule has 0 heterocycles. The molecule has 0 N–H and O–H groups in total. The monoisotopic (exact) mass is 141 g/mol. The van der Waals surface area contributed by atoms with Crippen LogP contribution in [0.3, 0.4) is 0 Å². The van der Waals surface area contributed by atoms with Gasteiger partial charge in [0.15, 0.2) is 0 Å². The Kier molecular flexibility index (Phi) is 37.6. The van der Waals surface area contributed by atoms with Crippen molar-refractivity contribution in [3.63, 3.8) is 0 Å². The summed E-state index contributed by atoms with van der Waals surface area (Å²) in [6.07, 6.45) is 0. The van der Waals surface area contributed by atoms with Gasteiger partial charge in [-0.3, -0.25) is 0 Å². The van der Waals surface area contributed by atoms with Crippen LogP contribution in [0.25, 0.3) is 0 Å². The average molecular weight is 141 g/mol. The van der Waals surface area contributed by atoms with Crippen LogP contribution < -0.4 is 0 Å². The van der Waals surface area contributed by atoms with Gasteiger partial charge in [0.25, 0.3) is 0 Å². The summed E-state index contributed by atoms with van der Waals surface area (Å²) in [6.45, 7) is 0. The fraction of sp³-hybridized carbons (Fsp3) is 0. The van der Waals surface area contributed by atoms with E-state index in [2.05, 4.69) is 0 Å². The molecular formula is O3ScTi. The van der Waals surface area contributed by atoms with Gasteiger partial charge >= 0.3 is 53.0 Å². The average Bonchev–Trinajstić information content (AvgIpc) is 1.46. The quantitative estimate of drug-likeness (QED) is 0.432. The summed E-state index contributed by atoms with van der Waals surface area (Å²) in [5.74, 6) is 0. The van der Waals surface area contributed by atoms with Crippen LogP contribution in [0, 0.1) is 0 Å². The molecule has 5 heteroatoms. The van der Waals surface area contributed by atoms with Crippen LogP contribution in [-0.2, 0) is 53.0 Å². The van der Waals surface area contributed by atoms with E-state index < -0.39 is 19.1 Å². The Morgan fingerprint density at radius 2 is 1.20 bits per heavy atom. The van der Waals surface area contributed by atoms with Crippen LogP contribution >= 0.6 is 0 Å². The van der Waals surface area contributed by atoms with E-state index in [1.54, 1.807) is 0 Å². The SMILES string of the molecule is [O]=[Sc].[O]=[Ti]=[O]. The molecule has 0 spiro atoms. The van der Waals surface area contributed by atoms with Crippen molar-refractivity contribution in [3.8, 4) is 0 Å². The van der Waals surface area contributed by atoms with Crippen molar-refractivity contribution in [2.45, 2.75) is 0 Å². The third-order valence-corrected chi connectivity index (χ3v) is 0. The van der Waals surface area contributed by atoms with Crippen molar-refractivity contribution in [1.29, 1.82) is 0 Å². The summed E-state index contributed by atoms with van der Waals surface area (Å²) in [6, 6.07) is 0. The van der Waals surface area contributed by atoms with Crippen molar-refractivity contribution < 1.29 is 53.0 Å². The van der Waals surface area contributed by atoms with E-state index in [9.17, 15) is 0 Å². The zero-order chi connectivity index (χ0) is 4.71. The Bertz CT molecular complexity index is 36.2. The standard InChI is InChI=1S/3O.Sc.Ti. The molecule has 0 atom stereocenters. The van der Waals surface area contributed by atoms with E-state index in [0.717, 1.165) is 0 Å². The van der Waals surface area contributed by atoms with Crippen LogP contribution in [0.2, 0.25) is 0 Å². The minimum atomic E-state index is -2.00. The molecule has 5 heavy (non-hydrogen) atoms. The molecule has 0 aliphatic rings. The molecule has 0 saturated heterocycles. The normalized spacial score (nSPS) is 2.80. The van der Waals surface area contributed by atoms with Gasteiger partial charge in [-0.2, -0.15) is 0 Å². The van der Waals surface area contributed by atoms with Gasteiger partial charge in [0.2, 0.25) is 0 Å². The predicted octanol–water partition coefficient (Wildman–Crippen LogP) is -0.361. The molecule has 0 aromatic rings. The molecule has 0 rings (SSSR count). The molecule has 0 aliphatic carbocycles. The first kappa shape index (κ1) is 9.37. The molecule has 25 valence electrons. The number of hydrogen-bond donors (Lipinski definition) is 0. The second-order valence-corrected chi connectivity index (χ2v) is 0.344. The van der Waals surface area contributed by atoms with E-state index in [0.29, 0.717) is 24.4 Å². The molecule has 0 radical (unpaired) electrons. The summed E-state index contributed by atoms with van der Waals surface area (Å²) in [5, 5.41) is 0. The van der Waals surface area contributed by atoms with Crippen molar-refractivity contribution in [3.05, 3.63) is 0 Å². The fourth-order valence-corrected chi connectivity index (χ4v) is 0. The summed E-state index contributed by atoms with van der Waals surface area (Å²) in [5.41, 5.74) is 0. The van der Waals surface area contributed by atoms with Crippen LogP contribution in [0.15, 0.2) is 0 Å². The van der Waals surface area contributed by atoms with Crippen molar-refractivity contribution in [2.24, 2.45) is 0 Å². The second kappa shape index (κ2) is 20.1. The molecule has 0 aliphatic heterocycles.